The van der Waals surface area contributed by atoms with Crippen LogP contribution in [0.2, 0.25) is 0 Å². The van der Waals surface area contributed by atoms with Crippen LogP contribution in [0.3, 0.4) is 0 Å². The highest BCUT2D eigenvalue weighted by Crippen LogP contribution is 2.30. The molecule has 0 radical (unpaired) electrons. The average molecular weight is 574 g/mol. The molecule has 8 nitrogen and oxygen atoms in total. The van der Waals surface area contributed by atoms with Crippen LogP contribution in [0.15, 0.2) is 54.6 Å². The van der Waals surface area contributed by atoms with E-state index in [1.807, 2.05) is 30.3 Å². The van der Waals surface area contributed by atoms with E-state index in [4.69, 9.17) is 0 Å². The zero-order chi connectivity index (χ0) is 29.9. The highest BCUT2D eigenvalue weighted by molar-refractivity contribution is 5.91. The van der Waals surface area contributed by atoms with Crippen LogP contribution in [-0.4, -0.2) is 83.7 Å². The van der Waals surface area contributed by atoms with Gasteiger partial charge in [-0.1, -0.05) is 61.4 Å². The summed E-state index contributed by atoms with van der Waals surface area (Å²) >= 11 is 0. The molecule has 4 rings (SSSR count). The number of carbonyl (C=O) groups excluding carboxylic acids is 3. The number of Topliss-reactive ketones (excluding diaryl/α,β-unsaturated/α-hetero) is 1. The van der Waals surface area contributed by atoms with Crippen molar-refractivity contribution < 1.29 is 14.4 Å². The number of benzene rings is 2. The Morgan fingerprint density at radius 1 is 0.905 bits per heavy atom. The summed E-state index contributed by atoms with van der Waals surface area (Å²) in [7, 11) is 0. The number of ketones is 1. The quantitative estimate of drug-likeness (QED) is 0.232. The Balaban J connectivity index is 1.36. The van der Waals surface area contributed by atoms with Crippen molar-refractivity contribution >= 4 is 28.5 Å². The van der Waals surface area contributed by atoms with E-state index in [-0.39, 0.29) is 17.6 Å². The van der Waals surface area contributed by atoms with Crippen molar-refractivity contribution in [1.82, 2.24) is 25.4 Å². The van der Waals surface area contributed by atoms with Crippen molar-refractivity contribution in [2.24, 2.45) is 0 Å². The number of carbonyl (C=O) groups is 3. The molecule has 3 N–H and O–H groups in total. The highest BCUT2D eigenvalue weighted by Gasteiger charge is 2.24. The molecule has 1 fully saturated rings. The molecule has 0 saturated carbocycles. The first-order valence-corrected chi connectivity index (χ1v) is 15.5. The normalized spacial score (nSPS) is 15.1. The summed E-state index contributed by atoms with van der Waals surface area (Å²) in [4.78, 5) is 45.9. The zero-order valence-electron chi connectivity index (χ0n) is 25.5. The third-order valence-electron chi connectivity index (χ3n) is 8.23. The summed E-state index contributed by atoms with van der Waals surface area (Å²) in [6.07, 6.45) is 4.21. The summed E-state index contributed by atoms with van der Waals surface area (Å²) in [5.74, 6) is -0.0807. The molecule has 2 aromatic carbocycles. The monoisotopic (exact) mass is 573 g/mol. The van der Waals surface area contributed by atoms with Gasteiger partial charge in [-0.25, -0.2) is 0 Å². The number of rotatable bonds is 15. The van der Waals surface area contributed by atoms with Crippen LogP contribution in [0.1, 0.15) is 58.4 Å². The fraction of sp³-hybridized carbons (Fsp3) is 0.500. The molecule has 42 heavy (non-hydrogen) atoms. The Morgan fingerprint density at radius 2 is 1.62 bits per heavy atom. The number of aromatic nitrogens is 1. The number of amides is 2. The van der Waals surface area contributed by atoms with E-state index >= 15 is 0 Å². The van der Waals surface area contributed by atoms with Gasteiger partial charge < -0.3 is 20.4 Å². The van der Waals surface area contributed by atoms with Crippen LogP contribution >= 0.6 is 0 Å². The molecule has 226 valence electrons. The maximum Gasteiger partial charge on any atom is 0.242 e. The Hall–Kier alpha value is -3.49. The molecule has 0 spiro atoms. The number of H-pyrrole nitrogens is 1. The summed E-state index contributed by atoms with van der Waals surface area (Å²) in [6.45, 7) is 10.4. The Labute approximate surface area is 250 Å². The number of aromatic amines is 1. The number of nitrogens with zero attached hydrogens (tertiary/aromatic N) is 2. The van der Waals surface area contributed by atoms with Crippen LogP contribution in [0.25, 0.3) is 22.2 Å². The van der Waals surface area contributed by atoms with E-state index in [2.05, 4.69) is 63.5 Å². The Kier molecular flexibility index (Phi) is 11.7. The van der Waals surface area contributed by atoms with Crippen molar-refractivity contribution in [3.8, 4) is 11.3 Å². The molecular formula is C34H47N5O3. The predicted octanol–water partition coefficient (Wildman–Crippen LogP) is 4.54. The van der Waals surface area contributed by atoms with Gasteiger partial charge in [-0.05, 0) is 57.2 Å². The first kappa shape index (κ1) is 31.4. The summed E-state index contributed by atoms with van der Waals surface area (Å²) in [5.41, 5.74) is 4.42. The minimum absolute atomic E-state index is 0.111. The van der Waals surface area contributed by atoms with Crippen LogP contribution in [0.4, 0.5) is 0 Å². The van der Waals surface area contributed by atoms with Crippen LogP contribution in [0.5, 0.6) is 0 Å². The van der Waals surface area contributed by atoms with E-state index in [0.717, 1.165) is 67.6 Å². The van der Waals surface area contributed by atoms with E-state index < -0.39 is 6.04 Å². The third kappa shape index (κ3) is 9.00. The molecule has 0 unspecified atom stereocenters. The van der Waals surface area contributed by atoms with Crippen molar-refractivity contribution in [3.63, 3.8) is 0 Å². The number of nitrogens with one attached hydrogen (secondary N) is 3. The highest BCUT2D eigenvalue weighted by atomic mass is 16.2. The minimum atomic E-state index is -0.594. The van der Waals surface area contributed by atoms with Gasteiger partial charge in [0.25, 0.3) is 0 Å². The van der Waals surface area contributed by atoms with Gasteiger partial charge >= 0.3 is 0 Å². The lowest BCUT2D eigenvalue weighted by atomic mass is 10.0. The van der Waals surface area contributed by atoms with Crippen molar-refractivity contribution in [2.45, 2.75) is 71.4 Å². The van der Waals surface area contributed by atoms with Crippen molar-refractivity contribution in [2.75, 3.05) is 39.3 Å². The van der Waals surface area contributed by atoms with Crippen LogP contribution < -0.4 is 10.6 Å². The molecule has 1 aromatic heterocycles. The number of unbranched alkanes of at least 4 members (excludes halogenated alkanes) is 2. The zero-order valence-corrected chi connectivity index (χ0v) is 25.5. The second-order valence-corrected chi connectivity index (χ2v) is 11.8. The van der Waals surface area contributed by atoms with Gasteiger partial charge in [0.15, 0.2) is 0 Å². The second kappa shape index (κ2) is 15.7. The largest absolute Gasteiger partial charge is 0.354 e. The Bertz CT molecular complexity index is 1310. The predicted molar refractivity (Wildman–Crippen MR) is 169 cm³/mol. The molecule has 2 amide bonds. The first-order valence-electron chi connectivity index (χ1n) is 15.5. The molecule has 2 heterocycles. The number of hydrogen-bond donors (Lipinski definition) is 3. The van der Waals surface area contributed by atoms with E-state index in [1.165, 1.54) is 5.56 Å². The lowest BCUT2D eigenvalue weighted by molar-refractivity contribution is -0.130. The van der Waals surface area contributed by atoms with Gasteiger partial charge in [-0.3, -0.25) is 19.4 Å². The second-order valence-electron chi connectivity index (χ2n) is 11.8. The number of fused-ring (bicyclic) bond motifs is 1. The molecule has 1 aliphatic rings. The van der Waals surface area contributed by atoms with Gasteiger partial charge in [0, 0.05) is 61.8 Å². The minimum Gasteiger partial charge on any atom is -0.354 e. The molecule has 1 saturated heterocycles. The lowest BCUT2D eigenvalue weighted by Gasteiger charge is -2.36. The van der Waals surface area contributed by atoms with E-state index in [9.17, 15) is 14.4 Å². The smallest absolute Gasteiger partial charge is 0.242 e. The SMILES string of the molecule is CC(=O)CCCCC[C@H](NC(=O)CN1CCN(C(C)C)CC1)C(=O)NCCc1c(-c2ccccc2)[nH]c2ccccc12. The van der Waals surface area contributed by atoms with Gasteiger partial charge in [-0.15, -0.1) is 0 Å². The van der Waals surface area contributed by atoms with Gasteiger partial charge in [-0.2, -0.15) is 0 Å². The van der Waals surface area contributed by atoms with E-state index in [0.29, 0.717) is 38.4 Å². The van der Waals surface area contributed by atoms with Crippen molar-refractivity contribution in [3.05, 3.63) is 60.2 Å². The third-order valence-corrected chi connectivity index (χ3v) is 8.23. The van der Waals surface area contributed by atoms with Gasteiger partial charge in [0.2, 0.25) is 11.8 Å². The average Bonchev–Trinajstić information content (AvgIpc) is 3.35. The molecule has 0 bridgehead atoms. The van der Waals surface area contributed by atoms with Gasteiger partial charge in [0.1, 0.15) is 11.8 Å². The molecular weight excluding hydrogens is 526 g/mol. The maximum absolute atomic E-state index is 13.4. The van der Waals surface area contributed by atoms with Gasteiger partial charge in [0.05, 0.1) is 6.54 Å². The number of para-hydroxylation sites is 1. The maximum atomic E-state index is 13.4. The molecule has 8 heteroatoms. The van der Waals surface area contributed by atoms with E-state index in [1.54, 1.807) is 6.92 Å². The first-order chi connectivity index (χ1) is 20.3. The Morgan fingerprint density at radius 3 is 2.33 bits per heavy atom. The summed E-state index contributed by atoms with van der Waals surface area (Å²) in [6, 6.07) is 18.4. The fourth-order valence-electron chi connectivity index (χ4n) is 5.79. The number of hydrogen-bond acceptors (Lipinski definition) is 5. The topological polar surface area (TPSA) is 97.5 Å². The van der Waals surface area contributed by atoms with Crippen molar-refractivity contribution in [1.29, 1.82) is 0 Å². The standard InChI is InChI=1S/C34H47N5O3/c1-25(2)39-22-20-38(21-23-39)24-32(41)36-31(17-9-4-6-12-26(3)40)34(42)35-19-18-29-28-15-10-11-16-30(28)37-33(29)27-13-7-5-8-14-27/h5,7-8,10-11,13-16,25,31,37H,4,6,9,12,17-24H2,1-3H3,(H,35,42)(H,36,41)/t31-/m0/s1. The number of piperazine rings is 1. The summed E-state index contributed by atoms with van der Waals surface area (Å²) in [5, 5.41) is 7.29. The fourth-order valence-corrected chi connectivity index (χ4v) is 5.79. The molecule has 1 aliphatic heterocycles. The summed E-state index contributed by atoms with van der Waals surface area (Å²) < 4.78 is 0. The van der Waals surface area contributed by atoms with Crippen LogP contribution in [0, 0.1) is 0 Å². The molecule has 3 aromatic rings. The lowest BCUT2D eigenvalue weighted by Crippen LogP contribution is -2.53. The molecule has 1 atom stereocenters. The van der Waals surface area contributed by atoms with Crippen LogP contribution in [-0.2, 0) is 20.8 Å². The molecule has 0 aliphatic carbocycles.